The van der Waals surface area contributed by atoms with E-state index in [0.717, 1.165) is 24.9 Å². The molecular formula is C11H18ClN3O. The molecule has 16 heavy (non-hydrogen) atoms. The average molecular weight is 244 g/mol. The summed E-state index contributed by atoms with van der Waals surface area (Å²) in [6.45, 7) is 3.55. The Kier molecular flexibility index (Phi) is 5.49. The maximum atomic E-state index is 6.01. The second-order valence-electron chi connectivity index (χ2n) is 3.85. The van der Waals surface area contributed by atoms with Crippen LogP contribution in [0, 0.1) is 0 Å². The van der Waals surface area contributed by atoms with E-state index in [4.69, 9.17) is 16.3 Å². The summed E-state index contributed by atoms with van der Waals surface area (Å²) in [5.74, 6) is 0.615. The van der Waals surface area contributed by atoms with Gasteiger partial charge in [0.15, 0.2) is 0 Å². The van der Waals surface area contributed by atoms with Crippen LogP contribution in [0.4, 0.5) is 0 Å². The molecule has 90 valence electrons. The van der Waals surface area contributed by atoms with Crippen molar-refractivity contribution < 1.29 is 4.74 Å². The summed E-state index contributed by atoms with van der Waals surface area (Å²) in [5.41, 5.74) is 0.908. The normalized spacial score (nSPS) is 10.8. The van der Waals surface area contributed by atoms with Gasteiger partial charge in [-0.05, 0) is 20.5 Å². The molecule has 1 aromatic rings. The average Bonchev–Trinajstić information content (AvgIpc) is 2.22. The molecule has 5 heteroatoms. The van der Waals surface area contributed by atoms with Crippen molar-refractivity contribution in [1.82, 2.24) is 14.9 Å². The number of hydrogen-bond acceptors (Lipinski definition) is 4. The van der Waals surface area contributed by atoms with Gasteiger partial charge >= 0.3 is 0 Å². The summed E-state index contributed by atoms with van der Waals surface area (Å²) in [7, 11) is 4.01. The quantitative estimate of drug-likeness (QED) is 0.717. The minimum atomic E-state index is 0.497. The third-order valence-electron chi connectivity index (χ3n) is 2.13. The van der Waals surface area contributed by atoms with Crippen LogP contribution in [0.15, 0.2) is 6.33 Å². The fourth-order valence-corrected chi connectivity index (χ4v) is 1.50. The molecular weight excluding hydrogens is 226 g/mol. The molecule has 0 N–H and O–H groups in total. The zero-order valence-corrected chi connectivity index (χ0v) is 10.8. The minimum absolute atomic E-state index is 0.497. The van der Waals surface area contributed by atoms with Crippen LogP contribution in [0.25, 0.3) is 0 Å². The van der Waals surface area contributed by atoms with Gasteiger partial charge in [0.2, 0.25) is 5.88 Å². The van der Waals surface area contributed by atoms with Crippen LogP contribution in [0.3, 0.4) is 0 Å². The molecule has 0 aliphatic heterocycles. The molecule has 4 nitrogen and oxygen atoms in total. The van der Waals surface area contributed by atoms with Crippen molar-refractivity contribution in [3.8, 4) is 5.88 Å². The lowest BCUT2D eigenvalue weighted by molar-refractivity contribution is 0.251. The van der Waals surface area contributed by atoms with Gasteiger partial charge in [0.1, 0.15) is 18.1 Å². The number of nitrogens with zero attached hydrogens (tertiary/aromatic N) is 3. The summed E-state index contributed by atoms with van der Waals surface area (Å²) in [6.07, 6.45) is 3.28. The maximum Gasteiger partial charge on any atom is 0.221 e. The summed E-state index contributed by atoms with van der Waals surface area (Å²) >= 11 is 6.01. The van der Waals surface area contributed by atoms with Crippen LogP contribution < -0.4 is 4.74 Å². The molecule has 0 spiro atoms. The zero-order valence-electron chi connectivity index (χ0n) is 10.0. The number of ether oxygens (including phenoxy) is 1. The van der Waals surface area contributed by atoms with Crippen molar-refractivity contribution in [3.05, 3.63) is 17.0 Å². The number of likely N-dealkylation sites (N-methyl/N-ethyl adjacent to an activating group) is 1. The Hall–Kier alpha value is -0.870. The Morgan fingerprint density at radius 3 is 2.75 bits per heavy atom. The Labute approximate surface area is 102 Å². The molecule has 0 aliphatic carbocycles. The van der Waals surface area contributed by atoms with Crippen molar-refractivity contribution in [2.75, 3.05) is 27.2 Å². The molecule has 0 aromatic carbocycles. The van der Waals surface area contributed by atoms with Gasteiger partial charge in [0.05, 0.1) is 5.56 Å². The van der Waals surface area contributed by atoms with E-state index in [1.807, 2.05) is 14.1 Å². The van der Waals surface area contributed by atoms with Crippen LogP contribution in [0.5, 0.6) is 5.88 Å². The molecule has 1 heterocycles. The first-order valence-corrected chi connectivity index (χ1v) is 5.79. The molecule has 0 bridgehead atoms. The molecule has 1 aromatic heterocycles. The fourth-order valence-electron chi connectivity index (χ4n) is 1.29. The van der Waals surface area contributed by atoms with E-state index < -0.39 is 0 Å². The number of rotatable bonds is 6. The van der Waals surface area contributed by atoms with E-state index in [-0.39, 0.29) is 0 Å². The van der Waals surface area contributed by atoms with E-state index in [0.29, 0.717) is 17.6 Å². The monoisotopic (exact) mass is 243 g/mol. The highest BCUT2D eigenvalue weighted by Gasteiger charge is 2.10. The van der Waals surface area contributed by atoms with E-state index in [2.05, 4.69) is 21.8 Å². The highest BCUT2D eigenvalue weighted by Crippen LogP contribution is 2.23. The Balaban J connectivity index is 2.66. The van der Waals surface area contributed by atoms with Gasteiger partial charge in [-0.3, -0.25) is 0 Å². The molecule has 0 fully saturated rings. The molecule has 0 saturated heterocycles. The highest BCUT2D eigenvalue weighted by molar-refractivity contribution is 6.30. The number of halogens is 1. The van der Waals surface area contributed by atoms with E-state index in [1.54, 1.807) is 0 Å². The Bertz CT molecular complexity index is 331. The number of hydrogen-bond donors (Lipinski definition) is 0. The Morgan fingerprint density at radius 2 is 2.12 bits per heavy atom. The molecule has 0 atom stereocenters. The van der Waals surface area contributed by atoms with Crippen LogP contribution in [0.2, 0.25) is 5.15 Å². The summed E-state index contributed by atoms with van der Waals surface area (Å²) in [6, 6.07) is 0. The first kappa shape index (κ1) is 13.2. The zero-order chi connectivity index (χ0) is 12.0. The van der Waals surface area contributed by atoms with Gasteiger partial charge in [-0.15, -0.1) is 0 Å². The summed E-state index contributed by atoms with van der Waals surface area (Å²) in [5, 5.41) is 0.497. The topological polar surface area (TPSA) is 38.3 Å². The molecule has 0 amide bonds. The van der Waals surface area contributed by atoms with E-state index in [9.17, 15) is 0 Å². The highest BCUT2D eigenvalue weighted by atomic mass is 35.5. The summed E-state index contributed by atoms with van der Waals surface area (Å²) in [4.78, 5) is 10.1. The van der Waals surface area contributed by atoms with Crippen LogP contribution >= 0.6 is 11.6 Å². The minimum Gasteiger partial charge on any atom is -0.476 e. The van der Waals surface area contributed by atoms with Crippen LogP contribution in [-0.4, -0.2) is 42.1 Å². The Morgan fingerprint density at radius 1 is 1.38 bits per heavy atom. The first-order chi connectivity index (χ1) is 7.65. The van der Waals surface area contributed by atoms with Gasteiger partial charge < -0.3 is 9.64 Å². The fraction of sp³-hybridized carbons (Fsp3) is 0.636. The molecule has 0 radical (unpaired) electrons. The SMILES string of the molecule is CCCc1c(Cl)ncnc1OCCN(C)C. The number of aromatic nitrogens is 2. The van der Waals surface area contributed by atoms with Crippen LogP contribution in [0.1, 0.15) is 18.9 Å². The second-order valence-corrected chi connectivity index (χ2v) is 4.21. The van der Waals surface area contributed by atoms with Crippen molar-refractivity contribution in [2.45, 2.75) is 19.8 Å². The van der Waals surface area contributed by atoms with Gasteiger partial charge in [-0.25, -0.2) is 9.97 Å². The third-order valence-corrected chi connectivity index (χ3v) is 2.46. The predicted molar refractivity (Wildman–Crippen MR) is 65.1 cm³/mol. The smallest absolute Gasteiger partial charge is 0.221 e. The lowest BCUT2D eigenvalue weighted by atomic mass is 10.2. The first-order valence-electron chi connectivity index (χ1n) is 5.42. The largest absolute Gasteiger partial charge is 0.476 e. The molecule has 0 unspecified atom stereocenters. The molecule has 1 rings (SSSR count). The van der Waals surface area contributed by atoms with E-state index >= 15 is 0 Å². The molecule has 0 aliphatic rings. The van der Waals surface area contributed by atoms with Crippen molar-refractivity contribution >= 4 is 11.6 Å². The second kappa shape index (κ2) is 6.66. The van der Waals surface area contributed by atoms with Crippen molar-refractivity contribution in [2.24, 2.45) is 0 Å². The van der Waals surface area contributed by atoms with E-state index in [1.165, 1.54) is 6.33 Å². The van der Waals surface area contributed by atoms with Crippen molar-refractivity contribution in [3.63, 3.8) is 0 Å². The van der Waals surface area contributed by atoms with Gasteiger partial charge in [0, 0.05) is 6.54 Å². The van der Waals surface area contributed by atoms with Crippen molar-refractivity contribution in [1.29, 1.82) is 0 Å². The standard InChI is InChI=1S/C11H18ClN3O/c1-4-5-9-10(12)13-8-14-11(9)16-7-6-15(2)3/h8H,4-7H2,1-3H3. The lowest BCUT2D eigenvalue weighted by Crippen LogP contribution is -2.20. The van der Waals surface area contributed by atoms with Gasteiger partial charge in [0.25, 0.3) is 0 Å². The predicted octanol–water partition coefficient (Wildman–Crippen LogP) is 2.02. The van der Waals surface area contributed by atoms with Gasteiger partial charge in [-0.1, -0.05) is 24.9 Å². The van der Waals surface area contributed by atoms with Crippen LogP contribution in [-0.2, 0) is 6.42 Å². The maximum absolute atomic E-state index is 6.01. The van der Waals surface area contributed by atoms with Gasteiger partial charge in [-0.2, -0.15) is 0 Å². The lowest BCUT2D eigenvalue weighted by Gasteiger charge is -2.13. The molecule has 0 saturated carbocycles. The third kappa shape index (κ3) is 3.94. The summed E-state index contributed by atoms with van der Waals surface area (Å²) < 4.78 is 5.60.